The number of ether oxygens (including phenoxy) is 1. The highest BCUT2D eigenvalue weighted by Gasteiger charge is 2.51. The van der Waals surface area contributed by atoms with E-state index in [9.17, 15) is 0 Å². The highest BCUT2D eigenvalue weighted by molar-refractivity contribution is 9.10. The van der Waals surface area contributed by atoms with Crippen molar-refractivity contribution in [1.82, 2.24) is 4.90 Å². The van der Waals surface area contributed by atoms with Crippen LogP contribution in [0.15, 0.2) is 22.7 Å². The minimum atomic E-state index is -0.0137. The zero-order valence-corrected chi connectivity index (χ0v) is 12.5. The van der Waals surface area contributed by atoms with Crippen molar-refractivity contribution >= 4 is 15.9 Å². The Kier molecular flexibility index (Phi) is 2.70. The summed E-state index contributed by atoms with van der Waals surface area (Å²) in [6, 6.07) is 6.35. The van der Waals surface area contributed by atoms with E-state index in [0.717, 1.165) is 35.2 Å². The van der Waals surface area contributed by atoms with Gasteiger partial charge in [0.05, 0.1) is 0 Å². The van der Waals surface area contributed by atoms with Gasteiger partial charge in [0, 0.05) is 47.9 Å². The number of rotatable bonds is 0. The summed E-state index contributed by atoms with van der Waals surface area (Å²) in [7, 11) is 0. The predicted molar refractivity (Wildman–Crippen MR) is 78.2 cm³/mol. The molecule has 4 atom stereocenters. The van der Waals surface area contributed by atoms with E-state index in [1.54, 1.807) is 0 Å². The van der Waals surface area contributed by atoms with Gasteiger partial charge >= 0.3 is 0 Å². The van der Waals surface area contributed by atoms with Crippen LogP contribution in [0.2, 0.25) is 0 Å². The second-order valence-electron chi connectivity index (χ2n) is 6.20. The smallest absolute Gasteiger partial charge is 0.126 e. The number of piperidine rings is 1. The van der Waals surface area contributed by atoms with Gasteiger partial charge < -0.3 is 15.4 Å². The fourth-order valence-corrected chi connectivity index (χ4v) is 4.41. The van der Waals surface area contributed by atoms with E-state index in [-0.39, 0.29) is 11.6 Å². The Balaban J connectivity index is 1.73. The van der Waals surface area contributed by atoms with Crippen LogP contribution in [0, 0.1) is 5.92 Å². The van der Waals surface area contributed by atoms with Gasteiger partial charge in [-0.05, 0) is 25.1 Å². The molecule has 3 heterocycles. The van der Waals surface area contributed by atoms with Crippen molar-refractivity contribution in [1.29, 1.82) is 0 Å². The summed E-state index contributed by atoms with van der Waals surface area (Å²) in [6.07, 6.45) is 3.35. The number of benzene rings is 1. The lowest BCUT2D eigenvalue weighted by Crippen LogP contribution is -2.53. The van der Waals surface area contributed by atoms with Gasteiger partial charge in [-0.1, -0.05) is 22.0 Å². The van der Waals surface area contributed by atoms with Crippen LogP contribution in [-0.4, -0.2) is 30.1 Å². The molecule has 1 aromatic rings. The first kappa shape index (κ1) is 12.2. The first-order chi connectivity index (χ1) is 9.16. The van der Waals surface area contributed by atoms with Gasteiger partial charge in [-0.3, -0.25) is 0 Å². The molecule has 3 aliphatic heterocycles. The third-order valence-electron chi connectivity index (χ3n) is 5.12. The van der Waals surface area contributed by atoms with Gasteiger partial charge in [0.25, 0.3) is 0 Å². The maximum atomic E-state index is 6.51. The van der Waals surface area contributed by atoms with Crippen molar-refractivity contribution < 1.29 is 4.74 Å². The summed E-state index contributed by atoms with van der Waals surface area (Å²) < 4.78 is 7.57. The molecule has 3 nitrogen and oxygen atoms in total. The molecule has 0 aliphatic carbocycles. The van der Waals surface area contributed by atoms with E-state index in [1.165, 1.54) is 19.5 Å². The zero-order valence-electron chi connectivity index (χ0n) is 10.9. The maximum absolute atomic E-state index is 6.51. The standard InChI is InChI=1S/C15H19BrN2O/c16-11-1-2-12-13(17)8-15(19-14(12)7-11)4-6-18-5-3-10(15)9-18/h1-2,7,10,13H,3-6,8-9,17H2. The minimum Gasteiger partial charge on any atom is -0.486 e. The lowest BCUT2D eigenvalue weighted by Gasteiger charge is -2.47. The zero-order chi connectivity index (χ0) is 13.0. The molecule has 3 aliphatic rings. The van der Waals surface area contributed by atoms with E-state index in [2.05, 4.69) is 39.0 Å². The summed E-state index contributed by atoms with van der Waals surface area (Å²) in [4.78, 5) is 2.56. The Morgan fingerprint density at radius 2 is 2.26 bits per heavy atom. The summed E-state index contributed by atoms with van der Waals surface area (Å²) in [5, 5.41) is 0. The number of hydrogen-bond acceptors (Lipinski definition) is 3. The van der Waals surface area contributed by atoms with E-state index in [0.29, 0.717) is 5.92 Å². The molecule has 2 N–H and O–H groups in total. The van der Waals surface area contributed by atoms with Crippen LogP contribution < -0.4 is 10.5 Å². The van der Waals surface area contributed by atoms with Crippen LogP contribution in [0.5, 0.6) is 5.75 Å². The van der Waals surface area contributed by atoms with E-state index in [1.807, 2.05) is 0 Å². The normalized spacial score (nSPS) is 40.0. The third kappa shape index (κ3) is 1.84. The first-order valence-electron chi connectivity index (χ1n) is 7.13. The number of hydrogen-bond donors (Lipinski definition) is 1. The van der Waals surface area contributed by atoms with E-state index < -0.39 is 0 Å². The Morgan fingerprint density at radius 3 is 3.16 bits per heavy atom. The summed E-state index contributed by atoms with van der Waals surface area (Å²) in [6.45, 7) is 3.58. The van der Waals surface area contributed by atoms with Gasteiger partial charge in [-0.25, -0.2) is 0 Å². The van der Waals surface area contributed by atoms with Gasteiger partial charge in [-0.2, -0.15) is 0 Å². The molecule has 2 bridgehead atoms. The molecule has 0 aromatic heterocycles. The molecular weight excluding hydrogens is 304 g/mol. The van der Waals surface area contributed by atoms with Crippen LogP contribution in [0.4, 0.5) is 0 Å². The van der Waals surface area contributed by atoms with Crippen molar-refractivity contribution in [3.63, 3.8) is 0 Å². The van der Waals surface area contributed by atoms with Crippen LogP contribution in [0.1, 0.15) is 30.9 Å². The lowest BCUT2D eigenvalue weighted by molar-refractivity contribution is -0.0440. The summed E-state index contributed by atoms with van der Waals surface area (Å²) in [5.74, 6) is 1.65. The largest absolute Gasteiger partial charge is 0.486 e. The highest BCUT2D eigenvalue weighted by Crippen LogP contribution is 2.48. The summed E-state index contributed by atoms with van der Waals surface area (Å²) >= 11 is 3.53. The fraction of sp³-hybridized carbons (Fsp3) is 0.600. The third-order valence-corrected chi connectivity index (χ3v) is 5.61. The highest BCUT2D eigenvalue weighted by atomic mass is 79.9. The van der Waals surface area contributed by atoms with Crippen LogP contribution in [-0.2, 0) is 0 Å². The van der Waals surface area contributed by atoms with Crippen molar-refractivity contribution in [3.8, 4) is 5.75 Å². The number of halogens is 1. The minimum absolute atomic E-state index is 0.0137. The van der Waals surface area contributed by atoms with Crippen molar-refractivity contribution in [2.75, 3.05) is 19.6 Å². The van der Waals surface area contributed by atoms with E-state index >= 15 is 0 Å². The van der Waals surface area contributed by atoms with E-state index in [4.69, 9.17) is 10.5 Å². The van der Waals surface area contributed by atoms with Crippen molar-refractivity contribution in [2.24, 2.45) is 11.7 Å². The number of nitrogens with zero attached hydrogens (tertiary/aromatic N) is 1. The van der Waals surface area contributed by atoms with Gasteiger partial charge in [0.15, 0.2) is 0 Å². The molecule has 1 spiro atoms. The Hall–Kier alpha value is -0.580. The van der Waals surface area contributed by atoms with Gasteiger partial charge in [-0.15, -0.1) is 0 Å². The van der Waals surface area contributed by atoms with Crippen LogP contribution in [0.3, 0.4) is 0 Å². The molecule has 2 saturated heterocycles. The van der Waals surface area contributed by atoms with Crippen molar-refractivity contribution in [2.45, 2.75) is 30.9 Å². The van der Waals surface area contributed by atoms with Crippen LogP contribution in [0.25, 0.3) is 0 Å². The fourth-order valence-electron chi connectivity index (χ4n) is 4.07. The predicted octanol–water partition coefficient (Wildman–Crippen LogP) is 2.70. The lowest BCUT2D eigenvalue weighted by atomic mass is 9.75. The Morgan fingerprint density at radius 1 is 1.37 bits per heavy atom. The quantitative estimate of drug-likeness (QED) is 0.798. The Labute approximate surface area is 122 Å². The molecule has 4 unspecified atom stereocenters. The molecule has 4 rings (SSSR count). The second-order valence-corrected chi connectivity index (χ2v) is 7.11. The SMILES string of the molecule is NC1CC2(CCN3CCC2C3)Oc2cc(Br)ccc21. The molecule has 4 heteroatoms. The molecular formula is C15H19BrN2O. The number of nitrogens with two attached hydrogens (primary N) is 1. The molecule has 0 radical (unpaired) electrons. The van der Waals surface area contributed by atoms with Gasteiger partial charge in [0.1, 0.15) is 11.4 Å². The number of fused-ring (bicyclic) bond motifs is 4. The Bertz CT molecular complexity index is 521. The van der Waals surface area contributed by atoms with Crippen molar-refractivity contribution in [3.05, 3.63) is 28.2 Å². The molecule has 102 valence electrons. The monoisotopic (exact) mass is 322 g/mol. The van der Waals surface area contributed by atoms with Gasteiger partial charge in [0.2, 0.25) is 0 Å². The second kappa shape index (κ2) is 4.21. The molecule has 19 heavy (non-hydrogen) atoms. The molecule has 1 aromatic carbocycles. The average molecular weight is 323 g/mol. The van der Waals surface area contributed by atoms with Crippen LogP contribution >= 0.6 is 15.9 Å². The first-order valence-corrected chi connectivity index (χ1v) is 7.92. The maximum Gasteiger partial charge on any atom is 0.126 e. The average Bonchev–Trinajstić information content (AvgIpc) is 2.79. The molecule has 0 amide bonds. The molecule has 2 fully saturated rings. The molecule has 0 saturated carbocycles. The summed E-state index contributed by atoms with van der Waals surface area (Å²) in [5.41, 5.74) is 7.57. The topological polar surface area (TPSA) is 38.5 Å².